The summed E-state index contributed by atoms with van der Waals surface area (Å²) >= 11 is 8.52. The highest BCUT2D eigenvalue weighted by molar-refractivity contribution is 9.39. The van der Waals surface area contributed by atoms with Gasteiger partial charge in [0.05, 0.1) is 0 Å². The van der Waals surface area contributed by atoms with E-state index < -0.39 is 2.33 Å². The summed E-state index contributed by atoms with van der Waals surface area (Å²) in [5, 5.41) is 7.76. The summed E-state index contributed by atoms with van der Waals surface area (Å²) < 4.78 is -0.965. The maximum atomic E-state index is 7.76. The van der Waals surface area contributed by atoms with Crippen molar-refractivity contribution in [3.8, 4) is 0 Å². The standard InChI is InChI=1S/CHBr3O2/c2-1(3,4)6-5/h5H. The molecule has 6 heavy (non-hydrogen) atoms. The van der Waals surface area contributed by atoms with E-state index in [1.807, 2.05) is 0 Å². The quantitative estimate of drug-likeness (QED) is 0.420. The van der Waals surface area contributed by atoms with Crippen LogP contribution in [0.25, 0.3) is 0 Å². The summed E-state index contributed by atoms with van der Waals surface area (Å²) in [7, 11) is 0. The van der Waals surface area contributed by atoms with Gasteiger partial charge >= 0.3 is 0 Å². The van der Waals surface area contributed by atoms with Gasteiger partial charge in [0.25, 0.3) is 2.33 Å². The van der Waals surface area contributed by atoms with Crippen LogP contribution >= 0.6 is 47.8 Å². The van der Waals surface area contributed by atoms with Crippen molar-refractivity contribution < 1.29 is 10.1 Å². The maximum Gasteiger partial charge on any atom is 0.265 e. The Kier molecular flexibility index (Phi) is 3.21. The molecule has 0 rings (SSSR count). The molecule has 38 valence electrons. The van der Waals surface area contributed by atoms with Crippen molar-refractivity contribution in [1.82, 2.24) is 0 Å². The van der Waals surface area contributed by atoms with Gasteiger partial charge in [-0.15, -0.1) is 0 Å². The van der Waals surface area contributed by atoms with Gasteiger partial charge in [-0.1, -0.05) is 0 Å². The summed E-state index contributed by atoms with van der Waals surface area (Å²) in [5.41, 5.74) is 0. The lowest BCUT2D eigenvalue weighted by atomic mass is 11.7. The molecule has 0 radical (unpaired) electrons. The number of alkyl halides is 3. The van der Waals surface area contributed by atoms with Crippen LogP contribution in [-0.2, 0) is 4.89 Å². The molecule has 0 spiro atoms. The van der Waals surface area contributed by atoms with Crippen LogP contribution in [-0.4, -0.2) is 7.59 Å². The first-order chi connectivity index (χ1) is 2.56. The Balaban J connectivity index is 3.17. The first-order valence-corrected chi connectivity index (χ1v) is 3.33. The maximum absolute atomic E-state index is 7.76. The molecule has 0 aliphatic rings. The van der Waals surface area contributed by atoms with Crippen molar-refractivity contribution in [2.75, 3.05) is 0 Å². The smallest absolute Gasteiger partial charge is 0.249 e. The second-order valence-electron chi connectivity index (χ2n) is 0.537. The largest absolute Gasteiger partial charge is 0.265 e. The Labute approximate surface area is 60.2 Å². The van der Waals surface area contributed by atoms with Gasteiger partial charge in [0.2, 0.25) is 0 Å². The zero-order valence-electron chi connectivity index (χ0n) is 2.49. The molecule has 0 aliphatic heterocycles. The van der Waals surface area contributed by atoms with Gasteiger partial charge in [-0.2, -0.15) is 4.89 Å². The van der Waals surface area contributed by atoms with Crippen LogP contribution in [0.3, 0.4) is 0 Å². The third-order valence-corrected chi connectivity index (χ3v) is 0.538. The Morgan fingerprint density at radius 3 is 1.50 bits per heavy atom. The van der Waals surface area contributed by atoms with E-state index in [-0.39, 0.29) is 0 Å². The van der Waals surface area contributed by atoms with Gasteiger partial charge in [-0.25, -0.2) is 5.26 Å². The summed E-state index contributed by atoms with van der Waals surface area (Å²) in [4.78, 5) is 3.69. The average Bonchev–Trinajstić information content (AvgIpc) is 1.35. The zero-order chi connectivity index (χ0) is 5.21. The van der Waals surface area contributed by atoms with Gasteiger partial charge in [0, 0.05) is 0 Å². The van der Waals surface area contributed by atoms with E-state index in [1.165, 1.54) is 0 Å². The van der Waals surface area contributed by atoms with E-state index in [0.29, 0.717) is 0 Å². The van der Waals surface area contributed by atoms with E-state index in [9.17, 15) is 0 Å². The van der Waals surface area contributed by atoms with Crippen molar-refractivity contribution >= 4 is 47.8 Å². The molecular formula is CHBr3O2. The fraction of sp³-hybridized carbons (Fsp3) is 1.00. The molecule has 0 saturated heterocycles. The van der Waals surface area contributed by atoms with Crippen molar-refractivity contribution in [3.63, 3.8) is 0 Å². The monoisotopic (exact) mass is 282 g/mol. The summed E-state index contributed by atoms with van der Waals surface area (Å²) in [6, 6.07) is 0. The summed E-state index contributed by atoms with van der Waals surface area (Å²) in [6.45, 7) is 0. The minimum Gasteiger partial charge on any atom is -0.249 e. The molecule has 0 aromatic rings. The van der Waals surface area contributed by atoms with Gasteiger partial charge in [-0.05, 0) is 47.8 Å². The first-order valence-electron chi connectivity index (χ1n) is 0.954. The molecule has 0 amide bonds. The van der Waals surface area contributed by atoms with Crippen molar-refractivity contribution in [2.24, 2.45) is 0 Å². The molecular weight excluding hydrogens is 284 g/mol. The SMILES string of the molecule is OOC(Br)(Br)Br. The molecule has 0 saturated carbocycles. The number of rotatable bonds is 0. The molecule has 0 fully saturated rings. The fourth-order valence-electron chi connectivity index (χ4n) is 0. The Bertz CT molecular complexity index is 38.5. The van der Waals surface area contributed by atoms with Crippen LogP contribution in [0.1, 0.15) is 0 Å². The Morgan fingerprint density at radius 1 is 1.33 bits per heavy atom. The van der Waals surface area contributed by atoms with Crippen LogP contribution in [0, 0.1) is 0 Å². The highest BCUT2D eigenvalue weighted by Gasteiger charge is 2.16. The second kappa shape index (κ2) is 2.61. The van der Waals surface area contributed by atoms with Crippen LogP contribution in [0.2, 0.25) is 0 Å². The normalized spacial score (nSPS) is 12.0. The molecule has 2 nitrogen and oxygen atoms in total. The van der Waals surface area contributed by atoms with Gasteiger partial charge in [-0.3, -0.25) is 0 Å². The number of hydrogen-bond acceptors (Lipinski definition) is 2. The van der Waals surface area contributed by atoms with Crippen molar-refractivity contribution in [3.05, 3.63) is 0 Å². The summed E-state index contributed by atoms with van der Waals surface area (Å²) in [6.07, 6.45) is 0. The van der Waals surface area contributed by atoms with Gasteiger partial charge in [0.15, 0.2) is 0 Å². The molecule has 0 atom stereocenters. The third kappa shape index (κ3) is 5.36. The highest BCUT2D eigenvalue weighted by atomic mass is 80.0. The molecule has 0 unspecified atom stereocenters. The van der Waals surface area contributed by atoms with E-state index >= 15 is 0 Å². The van der Waals surface area contributed by atoms with Gasteiger partial charge in [0.1, 0.15) is 0 Å². The first kappa shape index (κ1) is 7.36. The molecule has 5 heteroatoms. The van der Waals surface area contributed by atoms with Crippen LogP contribution in [0.4, 0.5) is 0 Å². The summed E-state index contributed by atoms with van der Waals surface area (Å²) in [5.74, 6) is 0. The molecule has 0 aliphatic carbocycles. The Hall–Kier alpha value is 1.36. The fourth-order valence-corrected chi connectivity index (χ4v) is 0. The van der Waals surface area contributed by atoms with E-state index in [1.54, 1.807) is 0 Å². The molecule has 0 aromatic heterocycles. The topological polar surface area (TPSA) is 29.5 Å². The van der Waals surface area contributed by atoms with Crippen molar-refractivity contribution in [1.29, 1.82) is 0 Å². The number of hydrogen-bond donors (Lipinski definition) is 1. The lowest BCUT2D eigenvalue weighted by Gasteiger charge is -2.02. The van der Waals surface area contributed by atoms with Crippen LogP contribution in [0.5, 0.6) is 0 Å². The molecule has 0 heterocycles. The van der Waals surface area contributed by atoms with Crippen LogP contribution < -0.4 is 0 Å². The minimum atomic E-state index is -0.965. The second-order valence-corrected chi connectivity index (χ2v) is 7.08. The minimum absolute atomic E-state index is 0.965. The molecule has 0 bridgehead atoms. The predicted octanol–water partition coefficient (Wildman–Crippen LogP) is 2.27. The lowest BCUT2D eigenvalue weighted by Crippen LogP contribution is -2.00. The molecule has 0 aromatic carbocycles. The highest BCUT2D eigenvalue weighted by Crippen LogP contribution is 2.33. The molecule has 1 N–H and O–H groups in total. The van der Waals surface area contributed by atoms with Crippen LogP contribution in [0.15, 0.2) is 0 Å². The third-order valence-electron chi connectivity index (χ3n) is 0.104. The predicted molar refractivity (Wildman–Crippen MR) is 33.2 cm³/mol. The lowest BCUT2D eigenvalue weighted by molar-refractivity contribution is -0.236. The van der Waals surface area contributed by atoms with E-state index in [4.69, 9.17) is 5.26 Å². The number of halogens is 3. The van der Waals surface area contributed by atoms with Gasteiger partial charge < -0.3 is 0 Å². The van der Waals surface area contributed by atoms with E-state index in [2.05, 4.69) is 52.7 Å². The van der Waals surface area contributed by atoms with Crippen molar-refractivity contribution in [2.45, 2.75) is 2.33 Å². The average molecular weight is 285 g/mol. The Morgan fingerprint density at radius 2 is 1.50 bits per heavy atom. The van der Waals surface area contributed by atoms with E-state index in [0.717, 1.165) is 0 Å². The zero-order valence-corrected chi connectivity index (χ0v) is 7.25.